The number of nitrogen functional groups attached to an aromatic ring is 1. The Bertz CT molecular complexity index is 588. The number of carbonyl (C=O) groups is 1. The van der Waals surface area contributed by atoms with Crippen LogP contribution in [0.2, 0.25) is 0 Å². The van der Waals surface area contributed by atoms with E-state index in [4.69, 9.17) is 5.73 Å². The summed E-state index contributed by atoms with van der Waals surface area (Å²) in [5, 5.41) is 0. The van der Waals surface area contributed by atoms with Crippen LogP contribution >= 0.6 is 0 Å². The van der Waals surface area contributed by atoms with Gasteiger partial charge in [0.1, 0.15) is 0 Å². The fourth-order valence-electron chi connectivity index (χ4n) is 2.10. The van der Waals surface area contributed by atoms with Gasteiger partial charge in [-0.15, -0.1) is 0 Å². The van der Waals surface area contributed by atoms with Gasteiger partial charge < -0.3 is 5.73 Å². The molecule has 0 aliphatic carbocycles. The average Bonchev–Trinajstić information content (AvgIpc) is 2.47. The van der Waals surface area contributed by atoms with Crippen LogP contribution in [0.3, 0.4) is 0 Å². The monoisotopic (exact) mass is 254 g/mol. The Balaban J connectivity index is 2.51. The van der Waals surface area contributed by atoms with Crippen LogP contribution in [0.15, 0.2) is 30.5 Å². The highest BCUT2D eigenvalue weighted by molar-refractivity contribution is 5.88. The molecule has 3 nitrogen and oxygen atoms in total. The van der Waals surface area contributed by atoms with Gasteiger partial charge in [-0.25, -0.2) is 0 Å². The van der Waals surface area contributed by atoms with Crippen molar-refractivity contribution in [1.82, 2.24) is 4.98 Å². The molecule has 98 valence electrons. The van der Waals surface area contributed by atoms with Crippen LogP contribution in [0.5, 0.6) is 0 Å². The number of aryl methyl sites for hydroxylation is 2. The van der Waals surface area contributed by atoms with Crippen molar-refractivity contribution >= 4 is 12.0 Å². The van der Waals surface area contributed by atoms with Gasteiger partial charge in [0.2, 0.25) is 0 Å². The Hall–Kier alpha value is -2.16. The lowest BCUT2D eigenvalue weighted by Gasteiger charge is -2.10. The SMILES string of the molecule is CCc1ccc(-c2cc(C=O)c(N)c(CC)c2)cn1. The number of carbonyl (C=O) groups excluding carboxylic acids is 1. The maximum absolute atomic E-state index is 11.1. The molecule has 1 aromatic heterocycles. The fraction of sp³-hybridized carbons (Fsp3) is 0.250. The molecule has 2 rings (SSSR count). The zero-order valence-corrected chi connectivity index (χ0v) is 11.3. The van der Waals surface area contributed by atoms with Crippen molar-refractivity contribution in [2.45, 2.75) is 26.7 Å². The maximum atomic E-state index is 11.1. The van der Waals surface area contributed by atoms with E-state index in [0.717, 1.165) is 41.5 Å². The molecular formula is C16H18N2O. The van der Waals surface area contributed by atoms with Crippen molar-refractivity contribution in [2.24, 2.45) is 0 Å². The van der Waals surface area contributed by atoms with Gasteiger partial charge in [0, 0.05) is 28.7 Å². The quantitative estimate of drug-likeness (QED) is 0.673. The van der Waals surface area contributed by atoms with Gasteiger partial charge >= 0.3 is 0 Å². The zero-order valence-electron chi connectivity index (χ0n) is 11.3. The van der Waals surface area contributed by atoms with Crippen molar-refractivity contribution < 1.29 is 4.79 Å². The third-order valence-corrected chi connectivity index (χ3v) is 3.33. The van der Waals surface area contributed by atoms with E-state index in [1.807, 2.05) is 37.4 Å². The van der Waals surface area contributed by atoms with Crippen molar-refractivity contribution in [2.75, 3.05) is 5.73 Å². The lowest BCUT2D eigenvalue weighted by Crippen LogP contribution is -1.99. The minimum Gasteiger partial charge on any atom is -0.398 e. The predicted octanol–water partition coefficient (Wildman–Crippen LogP) is 3.27. The Morgan fingerprint density at radius 3 is 2.47 bits per heavy atom. The van der Waals surface area contributed by atoms with E-state index < -0.39 is 0 Å². The highest BCUT2D eigenvalue weighted by Crippen LogP contribution is 2.26. The second kappa shape index (κ2) is 5.65. The largest absolute Gasteiger partial charge is 0.398 e. The van der Waals surface area contributed by atoms with E-state index in [1.54, 1.807) is 0 Å². The highest BCUT2D eigenvalue weighted by Gasteiger charge is 2.08. The van der Waals surface area contributed by atoms with E-state index in [9.17, 15) is 4.79 Å². The number of aldehydes is 1. The molecule has 0 radical (unpaired) electrons. The van der Waals surface area contributed by atoms with Gasteiger partial charge in [-0.2, -0.15) is 0 Å². The van der Waals surface area contributed by atoms with Crippen molar-refractivity contribution in [3.8, 4) is 11.1 Å². The molecule has 0 unspecified atom stereocenters. The van der Waals surface area contributed by atoms with E-state index in [0.29, 0.717) is 11.3 Å². The summed E-state index contributed by atoms with van der Waals surface area (Å²) in [6.45, 7) is 4.10. The summed E-state index contributed by atoms with van der Waals surface area (Å²) in [6, 6.07) is 7.90. The molecule has 0 saturated carbocycles. The molecule has 2 N–H and O–H groups in total. The van der Waals surface area contributed by atoms with Gasteiger partial charge in [-0.1, -0.05) is 19.9 Å². The Kier molecular flexibility index (Phi) is 3.95. The third kappa shape index (κ3) is 2.65. The summed E-state index contributed by atoms with van der Waals surface area (Å²) < 4.78 is 0. The van der Waals surface area contributed by atoms with Crippen molar-refractivity contribution in [3.05, 3.63) is 47.3 Å². The van der Waals surface area contributed by atoms with Crippen molar-refractivity contribution in [1.29, 1.82) is 0 Å². The predicted molar refractivity (Wildman–Crippen MR) is 78.2 cm³/mol. The first-order chi connectivity index (χ1) is 9.19. The molecular weight excluding hydrogens is 236 g/mol. The van der Waals surface area contributed by atoms with Gasteiger partial charge in [0.25, 0.3) is 0 Å². The van der Waals surface area contributed by atoms with E-state index in [-0.39, 0.29) is 0 Å². The van der Waals surface area contributed by atoms with Crippen LogP contribution in [-0.2, 0) is 12.8 Å². The smallest absolute Gasteiger partial charge is 0.152 e. The summed E-state index contributed by atoms with van der Waals surface area (Å²) in [6.07, 6.45) is 4.38. The number of benzene rings is 1. The number of anilines is 1. The van der Waals surface area contributed by atoms with Crippen LogP contribution in [0, 0.1) is 0 Å². The molecule has 0 aliphatic heterocycles. The lowest BCUT2D eigenvalue weighted by molar-refractivity contribution is 0.112. The van der Waals surface area contributed by atoms with Crippen LogP contribution in [0.1, 0.15) is 35.5 Å². The molecule has 0 atom stereocenters. The summed E-state index contributed by atoms with van der Waals surface area (Å²) in [7, 11) is 0. The second-order valence-corrected chi connectivity index (χ2v) is 4.50. The van der Waals surface area contributed by atoms with Crippen molar-refractivity contribution in [3.63, 3.8) is 0 Å². The Labute approximate surface area is 113 Å². The average molecular weight is 254 g/mol. The summed E-state index contributed by atoms with van der Waals surface area (Å²) in [4.78, 5) is 15.5. The number of nitrogens with two attached hydrogens (primary N) is 1. The minimum absolute atomic E-state index is 0.550. The minimum atomic E-state index is 0.550. The summed E-state index contributed by atoms with van der Waals surface area (Å²) >= 11 is 0. The molecule has 0 aliphatic rings. The third-order valence-electron chi connectivity index (χ3n) is 3.33. The molecule has 0 bridgehead atoms. The summed E-state index contributed by atoms with van der Waals surface area (Å²) in [5.41, 5.74) is 11.1. The molecule has 1 aromatic carbocycles. The van der Waals surface area contributed by atoms with Crippen LogP contribution in [-0.4, -0.2) is 11.3 Å². The number of pyridine rings is 1. The van der Waals surface area contributed by atoms with E-state index in [1.165, 1.54) is 0 Å². The topological polar surface area (TPSA) is 56.0 Å². The second-order valence-electron chi connectivity index (χ2n) is 4.50. The molecule has 2 aromatic rings. The van der Waals surface area contributed by atoms with Gasteiger partial charge in [-0.3, -0.25) is 9.78 Å². The Morgan fingerprint density at radius 1 is 1.16 bits per heavy atom. The Morgan fingerprint density at radius 2 is 1.95 bits per heavy atom. The molecule has 0 spiro atoms. The molecule has 3 heteroatoms. The maximum Gasteiger partial charge on any atom is 0.152 e. The summed E-state index contributed by atoms with van der Waals surface area (Å²) in [5.74, 6) is 0. The van der Waals surface area contributed by atoms with Gasteiger partial charge in [0.05, 0.1) is 0 Å². The number of hydrogen-bond donors (Lipinski definition) is 1. The normalized spacial score (nSPS) is 10.4. The highest BCUT2D eigenvalue weighted by atomic mass is 16.1. The van der Waals surface area contributed by atoms with Crippen LogP contribution in [0.4, 0.5) is 5.69 Å². The first-order valence-corrected chi connectivity index (χ1v) is 6.52. The molecule has 19 heavy (non-hydrogen) atoms. The number of nitrogens with zero attached hydrogens (tertiary/aromatic N) is 1. The first-order valence-electron chi connectivity index (χ1n) is 6.52. The number of rotatable bonds is 4. The van der Waals surface area contributed by atoms with Crippen LogP contribution in [0.25, 0.3) is 11.1 Å². The molecule has 0 amide bonds. The standard InChI is InChI=1S/C16H18N2O/c1-3-11-7-13(8-14(10-19)16(11)17)12-5-6-15(4-2)18-9-12/h5-10H,3-4,17H2,1-2H3. The zero-order chi connectivity index (χ0) is 13.8. The van der Waals surface area contributed by atoms with Gasteiger partial charge in [-0.05, 0) is 42.2 Å². The first kappa shape index (κ1) is 13.3. The molecule has 1 heterocycles. The van der Waals surface area contributed by atoms with E-state index in [2.05, 4.69) is 11.9 Å². The van der Waals surface area contributed by atoms with Crippen LogP contribution < -0.4 is 5.73 Å². The molecule has 0 saturated heterocycles. The molecule has 0 fully saturated rings. The lowest BCUT2D eigenvalue weighted by atomic mass is 9.98. The number of hydrogen-bond acceptors (Lipinski definition) is 3. The van der Waals surface area contributed by atoms with Gasteiger partial charge in [0.15, 0.2) is 6.29 Å². The fourth-order valence-corrected chi connectivity index (χ4v) is 2.10. The van der Waals surface area contributed by atoms with E-state index >= 15 is 0 Å². The number of aromatic nitrogens is 1.